The molecule has 0 heterocycles. The molecule has 3 rings (SSSR count). The van der Waals surface area contributed by atoms with Crippen molar-refractivity contribution in [1.82, 2.24) is 4.90 Å². The predicted octanol–water partition coefficient (Wildman–Crippen LogP) is 5.04. The summed E-state index contributed by atoms with van der Waals surface area (Å²) >= 11 is 0. The van der Waals surface area contributed by atoms with Crippen molar-refractivity contribution in [1.29, 1.82) is 0 Å². The summed E-state index contributed by atoms with van der Waals surface area (Å²) in [6.07, 6.45) is 0. The molecule has 3 aromatic carbocycles. The lowest BCUT2D eigenvalue weighted by atomic mass is 10.0. The van der Waals surface area contributed by atoms with Gasteiger partial charge in [-0.3, -0.25) is 4.79 Å². The van der Waals surface area contributed by atoms with E-state index in [9.17, 15) is 9.90 Å². The van der Waals surface area contributed by atoms with Crippen LogP contribution in [0.3, 0.4) is 0 Å². The van der Waals surface area contributed by atoms with E-state index >= 15 is 0 Å². The maximum atomic E-state index is 12.7. The highest BCUT2D eigenvalue weighted by molar-refractivity contribution is 6.04. The zero-order valence-corrected chi connectivity index (χ0v) is 18.8. The number of phenolic OH excluding ortho intramolecular Hbond substituents is 1. The quantitative estimate of drug-likeness (QED) is 0.468. The third-order valence-electron chi connectivity index (χ3n) is 5.33. The highest BCUT2D eigenvalue weighted by Gasteiger charge is 2.11. The smallest absolute Gasteiger partial charge is 0.255 e. The summed E-state index contributed by atoms with van der Waals surface area (Å²) in [6, 6.07) is 19.6. The molecular weight excluding hydrogens is 404 g/mol. The number of methoxy groups -OCH3 is 1. The summed E-state index contributed by atoms with van der Waals surface area (Å²) in [6.45, 7) is 7.54. The number of likely N-dealkylation sites (N-methyl/N-ethyl adjacent to an activating group) is 1. The standard InChI is InChI=1S/C26H30N2O4/c1-4-28(5-2)16-17-32-25-18-22(12-15-24(25)31-3)27-26(30)21-8-6-19(7-9-21)20-10-13-23(29)14-11-20/h6-15,18,29H,4-5,16-17H2,1-3H3,(H,27,30). The minimum Gasteiger partial charge on any atom is -0.508 e. The topological polar surface area (TPSA) is 71.0 Å². The molecule has 0 aliphatic heterocycles. The lowest BCUT2D eigenvalue weighted by molar-refractivity contribution is 0.102. The highest BCUT2D eigenvalue weighted by atomic mass is 16.5. The molecule has 6 heteroatoms. The molecule has 1 amide bonds. The fraction of sp³-hybridized carbons (Fsp3) is 0.269. The van der Waals surface area contributed by atoms with Crippen molar-refractivity contribution >= 4 is 11.6 Å². The summed E-state index contributed by atoms with van der Waals surface area (Å²) in [5.41, 5.74) is 3.12. The third-order valence-corrected chi connectivity index (χ3v) is 5.33. The van der Waals surface area contributed by atoms with Crippen LogP contribution in [0, 0.1) is 0 Å². The van der Waals surface area contributed by atoms with Crippen LogP contribution in [0.4, 0.5) is 5.69 Å². The Morgan fingerprint density at radius 2 is 1.53 bits per heavy atom. The van der Waals surface area contributed by atoms with Crippen LogP contribution in [-0.2, 0) is 0 Å². The van der Waals surface area contributed by atoms with Gasteiger partial charge in [0.25, 0.3) is 5.91 Å². The zero-order chi connectivity index (χ0) is 22.9. The molecule has 6 nitrogen and oxygen atoms in total. The normalized spacial score (nSPS) is 10.8. The molecule has 2 N–H and O–H groups in total. The predicted molar refractivity (Wildman–Crippen MR) is 128 cm³/mol. The van der Waals surface area contributed by atoms with Crippen LogP contribution in [0.1, 0.15) is 24.2 Å². The molecule has 0 saturated heterocycles. The molecule has 0 spiro atoms. The Bertz CT molecular complexity index is 1010. The van der Waals surface area contributed by atoms with Crippen molar-refractivity contribution in [2.24, 2.45) is 0 Å². The summed E-state index contributed by atoms with van der Waals surface area (Å²) in [5.74, 6) is 1.24. The van der Waals surface area contributed by atoms with Gasteiger partial charge in [-0.25, -0.2) is 0 Å². The number of aromatic hydroxyl groups is 1. The van der Waals surface area contributed by atoms with Gasteiger partial charge in [-0.05, 0) is 60.6 Å². The van der Waals surface area contributed by atoms with Crippen LogP contribution in [0.5, 0.6) is 17.2 Å². The lowest BCUT2D eigenvalue weighted by Crippen LogP contribution is -2.28. The number of rotatable bonds is 10. The first-order valence-corrected chi connectivity index (χ1v) is 10.8. The number of phenols is 1. The molecule has 0 saturated carbocycles. The summed E-state index contributed by atoms with van der Waals surface area (Å²) in [5, 5.41) is 12.4. The van der Waals surface area contributed by atoms with Gasteiger partial charge in [0, 0.05) is 23.9 Å². The molecular formula is C26H30N2O4. The summed E-state index contributed by atoms with van der Waals surface area (Å²) in [4.78, 5) is 15.0. The molecule has 0 atom stereocenters. The van der Waals surface area contributed by atoms with Gasteiger partial charge in [0.15, 0.2) is 11.5 Å². The Hall–Kier alpha value is -3.51. The molecule has 0 fully saturated rings. The lowest BCUT2D eigenvalue weighted by Gasteiger charge is -2.19. The number of anilines is 1. The minimum absolute atomic E-state index is 0.207. The van der Waals surface area contributed by atoms with Gasteiger partial charge in [0.2, 0.25) is 0 Å². The van der Waals surface area contributed by atoms with E-state index in [1.165, 1.54) is 0 Å². The summed E-state index contributed by atoms with van der Waals surface area (Å²) in [7, 11) is 1.60. The minimum atomic E-state index is -0.207. The van der Waals surface area contributed by atoms with E-state index in [0.29, 0.717) is 29.4 Å². The fourth-order valence-corrected chi connectivity index (χ4v) is 3.36. The number of hydrogen-bond donors (Lipinski definition) is 2. The van der Waals surface area contributed by atoms with Gasteiger partial charge in [-0.2, -0.15) is 0 Å². The number of carbonyl (C=O) groups excluding carboxylic acids is 1. The molecule has 0 aliphatic rings. The monoisotopic (exact) mass is 434 g/mol. The Morgan fingerprint density at radius 1 is 0.906 bits per heavy atom. The van der Waals surface area contributed by atoms with Gasteiger partial charge >= 0.3 is 0 Å². The van der Waals surface area contributed by atoms with Crippen molar-refractivity contribution in [3.05, 3.63) is 72.3 Å². The van der Waals surface area contributed by atoms with Gasteiger partial charge in [-0.1, -0.05) is 38.1 Å². The first-order valence-electron chi connectivity index (χ1n) is 10.8. The number of hydrogen-bond acceptors (Lipinski definition) is 5. The first kappa shape index (κ1) is 23.2. The second-order valence-corrected chi connectivity index (χ2v) is 7.32. The van der Waals surface area contributed by atoms with Crippen LogP contribution in [0.25, 0.3) is 11.1 Å². The van der Waals surface area contributed by atoms with Crippen molar-refractivity contribution in [3.8, 4) is 28.4 Å². The summed E-state index contributed by atoms with van der Waals surface area (Å²) < 4.78 is 11.3. The van der Waals surface area contributed by atoms with Crippen molar-refractivity contribution in [2.45, 2.75) is 13.8 Å². The number of nitrogens with zero attached hydrogens (tertiary/aromatic N) is 1. The number of nitrogens with one attached hydrogen (secondary N) is 1. The molecule has 0 aromatic heterocycles. The van der Waals surface area contributed by atoms with Crippen molar-refractivity contribution in [3.63, 3.8) is 0 Å². The van der Waals surface area contributed by atoms with E-state index in [1.54, 1.807) is 49.6 Å². The molecule has 168 valence electrons. The van der Waals surface area contributed by atoms with Crippen LogP contribution >= 0.6 is 0 Å². The van der Waals surface area contributed by atoms with Crippen LogP contribution in [0.15, 0.2) is 66.7 Å². The fourth-order valence-electron chi connectivity index (χ4n) is 3.36. The second kappa shape index (κ2) is 11.2. The van der Waals surface area contributed by atoms with E-state index in [2.05, 4.69) is 24.1 Å². The van der Waals surface area contributed by atoms with E-state index in [4.69, 9.17) is 9.47 Å². The van der Waals surface area contributed by atoms with Crippen LogP contribution in [-0.4, -0.2) is 49.3 Å². The number of benzene rings is 3. The molecule has 0 unspecified atom stereocenters. The van der Waals surface area contributed by atoms with Gasteiger partial charge < -0.3 is 24.8 Å². The Balaban J connectivity index is 1.66. The second-order valence-electron chi connectivity index (χ2n) is 7.32. The molecule has 0 radical (unpaired) electrons. The average Bonchev–Trinajstić information content (AvgIpc) is 2.82. The maximum absolute atomic E-state index is 12.7. The molecule has 32 heavy (non-hydrogen) atoms. The maximum Gasteiger partial charge on any atom is 0.255 e. The molecule has 0 bridgehead atoms. The average molecular weight is 435 g/mol. The van der Waals surface area contributed by atoms with Crippen LogP contribution in [0.2, 0.25) is 0 Å². The van der Waals surface area contributed by atoms with E-state index in [0.717, 1.165) is 30.8 Å². The van der Waals surface area contributed by atoms with Crippen LogP contribution < -0.4 is 14.8 Å². The molecule has 3 aromatic rings. The Kier molecular flexibility index (Phi) is 8.11. The van der Waals surface area contributed by atoms with Gasteiger partial charge in [0.05, 0.1) is 7.11 Å². The number of carbonyl (C=O) groups is 1. The van der Waals surface area contributed by atoms with E-state index < -0.39 is 0 Å². The van der Waals surface area contributed by atoms with Crippen molar-refractivity contribution in [2.75, 3.05) is 38.7 Å². The number of ether oxygens (including phenoxy) is 2. The Morgan fingerprint density at radius 3 is 2.12 bits per heavy atom. The van der Waals surface area contributed by atoms with E-state index in [1.807, 2.05) is 24.3 Å². The highest BCUT2D eigenvalue weighted by Crippen LogP contribution is 2.30. The SMILES string of the molecule is CCN(CC)CCOc1cc(NC(=O)c2ccc(-c3ccc(O)cc3)cc2)ccc1OC. The van der Waals surface area contributed by atoms with Gasteiger partial charge in [0.1, 0.15) is 12.4 Å². The first-order chi connectivity index (χ1) is 15.5. The zero-order valence-electron chi connectivity index (χ0n) is 18.8. The Labute approximate surface area is 189 Å². The van der Waals surface area contributed by atoms with Gasteiger partial charge in [-0.15, -0.1) is 0 Å². The number of amides is 1. The molecule has 0 aliphatic carbocycles. The third kappa shape index (κ3) is 6.02. The van der Waals surface area contributed by atoms with Crippen molar-refractivity contribution < 1.29 is 19.4 Å². The largest absolute Gasteiger partial charge is 0.508 e. The van der Waals surface area contributed by atoms with E-state index in [-0.39, 0.29) is 11.7 Å².